The van der Waals surface area contributed by atoms with E-state index in [4.69, 9.17) is 4.52 Å². The Morgan fingerprint density at radius 3 is 2.67 bits per heavy atom. The number of aromatic nitrogens is 1. The summed E-state index contributed by atoms with van der Waals surface area (Å²) in [6.45, 7) is 12.0. The molecule has 0 saturated carbocycles. The number of rotatable bonds is 8. The molecule has 0 aliphatic carbocycles. The molecular formula is C15H27IN4O. The SMILES string of the molecule is C=CCNC(=NCc1cc(C(CC)CC)no1)NCC.I. The van der Waals surface area contributed by atoms with Crippen LogP contribution in [0.3, 0.4) is 0 Å². The van der Waals surface area contributed by atoms with Gasteiger partial charge in [0.25, 0.3) is 0 Å². The average Bonchev–Trinajstić information content (AvgIpc) is 2.92. The van der Waals surface area contributed by atoms with Gasteiger partial charge >= 0.3 is 0 Å². The van der Waals surface area contributed by atoms with E-state index in [0.29, 0.717) is 19.0 Å². The second kappa shape index (κ2) is 11.6. The zero-order valence-electron chi connectivity index (χ0n) is 13.2. The van der Waals surface area contributed by atoms with E-state index < -0.39 is 0 Å². The summed E-state index contributed by atoms with van der Waals surface area (Å²) in [5.74, 6) is 2.03. The zero-order valence-corrected chi connectivity index (χ0v) is 15.5. The fourth-order valence-corrected chi connectivity index (χ4v) is 1.97. The third kappa shape index (κ3) is 6.97. The molecule has 21 heavy (non-hydrogen) atoms. The first-order valence-corrected chi connectivity index (χ1v) is 7.33. The fraction of sp³-hybridized carbons (Fsp3) is 0.600. The van der Waals surface area contributed by atoms with E-state index in [-0.39, 0.29) is 24.0 Å². The highest BCUT2D eigenvalue weighted by Crippen LogP contribution is 2.22. The van der Waals surface area contributed by atoms with Crippen LogP contribution in [0, 0.1) is 0 Å². The fourth-order valence-electron chi connectivity index (χ4n) is 1.97. The van der Waals surface area contributed by atoms with Gasteiger partial charge in [-0.2, -0.15) is 0 Å². The van der Waals surface area contributed by atoms with Crippen molar-refractivity contribution in [3.05, 3.63) is 30.2 Å². The predicted octanol–water partition coefficient (Wildman–Crippen LogP) is 3.44. The van der Waals surface area contributed by atoms with Crippen molar-refractivity contribution in [3.8, 4) is 0 Å². The second-order valence-electron chi connectivity index (χ2n) is 4.60. The van der Waals surface area contributed by atoms with Crippen molar-refractivity contribution in [2.24, 2.45) is 4.99 Å². The highest BCUT2D eigenvalue weighted by molar-refractivity contribution is 14.0. The summed E-state index contributed by atoms with van der Waals surface area (Å²) in [4.78, 5) is 4.46. The molecule has 1 aromatic rings. The largest absolute Gasteiger partial charge is 0.359 e. The third-order valence-electron chi connectivity index (χ3n) is 3.13. The first-order valence-electron chi connectivity index (χ1n) is 7.33. The first-order chi connectivity index (χ1) is 9.74. The van der Waals surface area contributed by atoms with Crippen LogP contribution >= 0.6 is 24.0 Å². The third-order valence-corrected chi connectivity index (χ3v) is 3.13. The monoisotopic (exact) mass is 406 g/mol. The molecule has 1 heterocycles. The van der Waals surface area contributed by atoms with Crippen LogP contribution in [0.2, 0.25) is 0 Å². The average molecular weight is 406 g/mol. The van der Waals surface area contributed by atoms with Crippen LogP contribution in [0.5, 0.6) is 0 Å². The maximum absolute atomic E-state index is 5.35. The van der Waals surface area contributed by atoms with E-state index >= 15 is 0 Å². The van der Waals surface area contributed by atoms with Gasteiger partial charge in [-0.1, -0.05) is 25.1 Å². The van der Waals surface area contributed by atoms with Crippen LogP contribution in [0.25, 0.3) is 0 Å². The lowest BCUT2D eigenvalue weighted by atomic mass is 9.99. The van der Waals surface area contributed by atoms with Gasteiger partial charge in [-0.05, 0) is 19.8 Å². The molecule has 0 fully saturated rings. The van der Waals surface area contributed by atoms with E-state index in [9.17, 15) is 0 Å². The molecule has 0 aromatic carbocycles. The van der Waals surface area contributed by atoms with Crippen molar-refractivity contribution < 1.29 is 4.52 Å². The number of aliphatic imine (C=N–C) groups is 1. The summed E-state index contributed by atoms with van der Waals surface area (Å²) in [6.07, 6.45) is 3.96. The van der Waals surface area contributed by atoms with Crippen LogP contribution < -0.4 is 10.6 Å². The number of guanidine groups is 1. The van der Waals surface area contributed by atoms with E-state index in [1.165, 1.54) is 0 Å². The molecule has 1 aromatic heterocycles. The van der Waals surface area contributed by atoms with E-state index in [1.807, 2.05) is 13.0 Å². The molecule has 1 rings (SSSR count). The smallest absolute Gasteiger partial charge is 0.191 e. The first kappa shape index (κ1) is 19.9. The van der Waals surface area contributed by atoms with Crippen molar-refractivity contribution in [2.75, 3.05) is 13.1 Å². The second-order valence-corrected chi connectivity index (χ2v) is 4.60. The molecule has 0 aliphatic heterocycles. The number of halogens is 1. The number of nitrogens with zero attached hydrogens (tertiary/aromatic N) is 2. The van der Waals surface area contributed by atoms with Crippen LogP contribution in [-0.4, -0.2) is 24.2 Å². The summed E-state index contributed by atoms with van der Waals surface area (Å²) < 4.78 is 5.35. The Morgan fingerprint density at radius 2 is 2.10 bits per heavy atom. The minimum atomic E-state index is 0. The van der Waals surface area contributed by atoms with E-state index in [2.05, 4.69) is 41.2 Å². The molecule has 5 nitrogen and oxygen atoms in total. The lowest BCUT2D eigenvalue weighted by Crippen LogP contribution is -2.37. The van der Waals surface area contributed by atoms with Crippen molar-refractivity contribution in [2.45, 2.75) is 46.1 Å². The summed E-state index contributed by atoms with van der Waals surface area (Å²) in [7, 11) is 0. The maximum atomic E-state index is 5.35. The molecule has 0 amide bonds. The Bertz CT molecular complexity index is 427. The van der Waals surface area contributed by atoms with Crippen molar-refractivity contribution in [1.29, 1.82) is 0 Å². The topological polar surface area (TPSA) is 62.5 Å². The maximum Gasteiger partial charge on any atom is 0.191 e. The van der Waals surface area contributed by atoms with Gasteiger partial charge < -0.3 is 15.2 Å². The Balaban J connectivity index is 0.00000400. The standard InChI is InChI=1S/C15H26N4O.HI/c1-5-9-17-15(16-8-4)18-11-13-10-14(19-20-13)12(6-2)7-3;/h5,10,12H,1,6-9,11H2,2-4H3,(H2,16,17,18);1H. The quantitative estimate of drug-likeness (QED) is 0.301. The van der Waals surface area contributed by atoms with Gasteiger partial charge in [0, 0.05) is 25.1 Å². The minimum absolute atomic E-state index is 0. The highest BCUT2D eigenvalue weighted by atomic mass is 127. The molecular weight excluding hydrogens is 379 g/mol. The molecule has 0 bridgehead atoms. The van der Waals surface area contributed by atoms with Crippen LogP contribution in [0.1, 0.15) is 51.0 Å². The van der Waals surface area contributed by atoms with Gasteiger partial charge in [0.1, 0.15) is 6.54 Å². The van der Waals surface area contributed by atoms with E-state index in [1.54, 1.807) is 6.08 Å². The molecule has 0 aliphatic rings. The van der Waals surface area contributed by atoms with Crippen molar-refractivity contribution >= 4 is 29.9 Å². The molecule has 120 valence electrons. The lowest BCUT2D eigenvalue weighted by molar-refractivity contribution is 0.372. The zero-order chi connectivity index (χ0) is 14.8. The summed E-state index contributed by atoms with van der Waals surface area (Å²) in [5, 5.41) is 10.5. The van der Waals surface area contributed by atoms with Gasteiger partial charge in [-0.15, -0.1) is 30.6 Å². The normalized spacial score (nSPS) is 11.1. The molecule has 0 atom stereocenters. The molecule has 6 heteroatoms. The molecule has 0 unspecified atom stereocenters. The molecule has 2 N–H and O–H groups in total. The van der Waals surface area contributed by atoms with Gasteiger partial charge in [0.2, 0.25) is 0 Å². The molecule has 0 radical (unpaired) electrons. The Hall–Kier alpha value is -1.05. The Kier molecular flexibility index (Phi) is 11.0. The van der Waals surface area contributed by atoms with Crippen LogP contribution in [-0.2, 0) is 6.54 Å². The highest BCUT2D eigenvalue weighted by Gasteiger charge is 2.12. The van der Waals surface area contributed by atoms with Gasteiger partial charge in [-0.25, -0.2) is 4.99 Å². The Labute approximate surface area is 144 Å². The number of hydrogen-bond acceptors (Lipinski definition) is 3. The van der Waals surface area contributed by atoms with Crippen molar-refractivity contribution in [3.63, 3.8) is 0 Å². The summed E-state index contributed by atoms with van der Waals surface area (Å²) >= 11 is 0. The predicted molar refractivity (Wildman–Crippen MR) is 98.3 cm³/mol. The number of nitrogens with one attached hydrogen (secondary N) is 2. The summed E-state index contributed by atoms with van der Waals surface area (Å²) in [6, 6.07) is 2.01. The Morgan fingerprint density at radius 1 is 1.38 bits per heavy atom. The lowest BCUT2D eigenvalue weighted by Gasteiger charge is -2.08. The number of hydrogen-bond donors (Lipinski definition) is 2. The van der Waals surface area contributed by atoms with Gasteiger partial charge in [-0.3, -0.25) is 0 Å². The van der Waals surface area contributed by atoms with Crippen molar-refractivity contribution in [1.82, 2.24) is 15.8 Å². The van der Waals surface area contributed by atoms with Gasteiger partial charge in [0.15, 0.2) is 11.7 Å². The van der Waals surface area contributed by atoms with Gasteiger partial charge in [0.05, 0.1) is 5.69 Å². The summed E-state index contributed by atoms with van der Waals surface area (Å²) in [5.41, 5.74) is 1.03. The minimum Gasteiger partial charge on any atom is -0.359 e. The van der Waals surface area contributed by atoms with Crippen LogP contribution in [0.4, 0.5) is 0 Å². The van der Waals surface area contributed by atoms with E-state index in [0.717, 1.165) is 36.8 Å². The molecule has 0 spiro atoms. The van der Waals surface area contributed by atoms with Crippen LogP contribution in [0.15, 0.2) is 28.2 Å². The molecule has 0 saturated heterocycles.